The van der Waals surface area contributed by atoms with Crippen LogP contribution < -0.4 is 0 Å². The zero-order chi connectivity index (χ0) is 17.2. The summed E-state index contributed by atoms with van der Waals surface area (Å²) >= 11 is 0. The largest absolute Gasteiger partial charge is 0.387 e. The van der Waals surface area contributed by atoms with Gasteiger partial charge in [-0.3, -0.25) is 9.09 Å². The molecule has 7 unspecified atom stereocenters. The molecule has 0 radical (unpaired) electrons. The maximum Gasteiger partial charge on any atom is 0.360 e. The van der Waals surface area contributed by atoms with E-state index in [-0.39, 0.29) is 19.3 Å². The summed E-state index contributed by atoms with van der Waals surface area (Å²) in [6.45, 7) is 5.57. The van der Waals surface area contributed by atoms with Crippen LogP contribution in [-0.2, 0) is 27.8 Å². The zero-order valence-corrected chi connectivity index (χ0v) is 14.3. The van der Waals surface area contributed by atoms with Crippen molar-refractivity contribution in [2.24, 2.45) is 0 Å². The van der Waals surface area contributed by atoms with E-state index in [9.17, 15) is 19.9 Å². The predicted octanol–water partition coefficient (Wildman–Crippen LogP) is -0.179. The molecule has 0 saturated carbocycles. The molecule has 2 aliphatic rings. The van der Waals surface area contributed by atoms with Gasteiger partial charge in [-0.15, -0.1) is 0 Å². The maximum absolute atomic E-state index is 11.8. The minimum absolute atomic E-state index is 0.0436. The van der Waals surface area contributed by atoms with Crippen LogP contribution in [0.5, 0.6) is 0 Å². The van der Waals surface area contributed by atoms with E-state index >= 15 is 0 Å². The first kappa shape index (κ1) is 19.2. The van der Waals surface area contributed by atoms with Gasteiger partial charge in [-0.1, -0.05) is 0 Å². The zero-order valence-electron chi connectivity index (χ0n) is 13.4. The number of aliphatic hydroxyl groups excluding tert-OH is 3. The monoisotopic (exact) mass is 356 g/mol. The lowest BCUT2D eigenvalue weighted by atomic mass is 9.99. The van der Waals surface area contributed by atoms with Crippen molar-refractivity contribution in [2.75, 3.05) is 19.8 Å². The van der Waals surface area contributed by atoms with Gasteiger partial charge in [0.25, 0.3) is 0 Å². The van der Waals surface area contributed by atoms with Gasteiger partial charge < -0.3 is 34.1 Å². The number of ether oxygens (including phenoxy) is 3. The third-order valence-corrected chi connectivity index (χ3v) is 5.51. The van der Waals surface area contributed by atoms with Crippen LogP contribution in [0.15, 0.2) is 0 Å². The lowest BCUT2D eigenvalue weighted by molar-refractivity contribution is -0.301. The van der Waals surface area contributed by atoms with Crippen molar-refractivity contribution < 1.29 is 43.1 Å². The first-order valence-electron chi connectivity index (χ1n) is 7.60. The second kappa shape index (κ2) is 7.86. The molecular formula is C13H25O9P. The number of hydrogen-bond donors (Lipinski definition) is 3. The van der Waals surface area contributed by atoms with E-state index in [4.69, 9.17) is 23.3 Å². The highest BCUT2D eigenvalue weighted by Crippen LogP contribution is 2.70. The smallest absolute Gasteiger partial charge is 0.360 e. The Bertz CT molecular complexity index is 432. The molecule has 2 fully saturated rings. The van der Waals surface area contributed by atoms with E-state index < -0.39 is 44.1 Å². The van der Waals surface area contributed by atoms with E-state index in [1.807, 2.05) is 13.8 Å². The summed E-state index contributed by atoms with van der Waals surface area (Å²) in [5.41, 5.74) is 0. The molecule has 10 heteroatoms. The Morgan fingerprint density at radius 1 is 1.13 bits per heavy atom. The van der Waals surface area contributed by atoms with Crippen molar-refractivity contribution in [2.45, 2.75) is 63.4 Å². The molecule has 0 aromatic rings. The first-order valence-corrected chi connectivity index (χ1v) is 9.21. The van der Waals surface area contributed by atoms with Crippen LogP contribution in [-0.4, -0.2) is 77.8 Å². The fraction of sp³-hybridized carbons (Fsp3) is 1.00. The minimum Gasteiger partial charge on any atom is -0.387 e. The molecule has 136 valence electrons. The standard InChI is InChI=1S/C13H25O9P/c1-7(2)18-4-5-19-13-12(16)11(15)10(14)9(21-13)6-20-23(17)8(3)22-23/h7-16H,4-6H2,1-3H3. The topological polar surface area (TPSA) is 127 Å². The molecule has 3 N–H and O–H groups in total. The fourth-order valence-electron chi connectivity index (χ4n) is 2.14. The summed E-state index contributed by atoms with van der Waals surface area (Å²) in [5.74, 6) is -0.473. The van der Waals surface area contributed by atoms with Gasteiger partial charge >= 0.3 is 7.60 Å². The van der Waals surface area contributed by atoms with Gasteiger partial charge in [0.15, 0.2) is 12.1 Å². The Morgan fingerprint density at radius 3 is 2.35 bits per heavy atom. The summed E-state index contributed by atoms with van der Waals surface area (Å²) in [6, 6.07) is 0. The minimum atomic E-state index is -3.09. The van der Waals surface area contributed by atoms with E-state index in [0.717, 1.165) is 0 Å². The number of rotatable bonds is 8. The predicted molar refractivity (Wildman–Crippen MR) is 77.8 cm³/mol. The average Bonchev–Trinajstić information content (AvgIpc) is 3.09. The molecule has 0 bridgehead atoms. The van der Waals surface area contributed by atoms with E-state index in [0.29, 0.717) is 6.61 Å². The second-order valence-electron chi connectivity index (χ2n) is 5.85. The highest BCUT2D eigenvalue weighted by molar-refractivity contribution is 7.60. The van der Waals surface area contributed by atoms with Crippen molar-refractivity contribution in [1.82, 2.24) is 0 Å². The normalized spacial score (nSPS) is 43.8. The molecule has 0 aromatic carbocycles. The van der Waals surface area contributed by atoms with E-state index in [2.05, 4.69) is 0 Å². The van der Waals surface area contributed by atoms with Crippen LogP contribution in [0.3, 0.4) is 0 Å². The SMILES string of the molecule is CC(C)OCCOC1OC(COP2(=O)OC2C)C(O)C(O)C1O. The highest BCUT2D eigenvalue weighted by atomic mass is 31.2. The van der Waals surface area contributed by atoms with Crippen LogP contribution >= 0.6 is 7.60 Å². The van der Waals surface area contributed by atoms with Crippen LogP contribution in [0.4, 0.5) is 0 Å². The molecule has 0 aromatic heterocycles. The van der Waals surface area contributed by atoms with Crippen molar-refractivity contribution in [3.05, 3.63) is 0 Å². The number of hydrogen-bond acceptors (Lipinski definition) is 9. The fourth-order valence-corrected chi connectivity index (χ4v) is 3.37. The van der Waals surface area contributed by atoms with Crippen LogP contribution in [0.2, 0.25) is 0 Å². The molecule has 0 aliphatic carbocycles. The quantitative estimate of drug-likeness (QED) is 0.308. The Labute approximate surface area is 135 Å². The van der Waals surface area contributed by atoms with Crippen molar-refractivity contribution in [1.29, 1.82) is 0 Å². The molecule has 2 aliphatic heterocycles. The molecule has 9 nitrogen and oxygen atoms in total. The Morgan fingerprint density at radius 2 is 1.78 bits per heavy atom. The van der Waals surface area contributed by atoms with Gasteiger partial charge in [0, 0.05) is 0 Å². The summed E-state index contributed by atoms with van der Waals surface area (Å²) in [7, 11) is -3.09. The maximum atomic E-state index is 11.8. The molecule has 23 heavy (non-hydrogen) atoms. The van der Waals surface area contributed by atoms with Gasteiger partial charge in [-0.25, -0.2) is 0 Å². The Kier molecular flexibility index (Phi) is 6.57. The molecular weight excluding hydrogens is 331 g/mol. The Balaban J connectivity index is 1.83. The molecule has 2 heterocycles. The van der Waals surface area contributed by atoms with Gasteiger partial charge in [-0.05, 0) is 20.8 Å². The molecule has 0 spiro atoms. The van der Waals surface area contributed by atoms with Gasteiger partial charge in [0.05, 0.1) is 25.9 Å². The highest BCUT2D eigenvalue weighted by Gasteiger charge is 2.53. The van der Waals surface area contributed by atoms with Crippen LogP contribution in [0.1, 0.15) is 20.8 Å². The summed E-state index contributed by atoms with van der Waals surface area (Å²) < 4.78 is 37.8. The molecule has 2 rings (SSSR count). The lowest BCUT2D eigenvalue weighted by Gasteiger charge is -2.40. The third kappa shape index (κ3) is 4.94. The van der Waals surface area contributed by atoms with Crippen LogP contribution in [0.25, 0.3) is 0 Å². The summed E-state index contributed by atoms with van der Waals surface area (Å²) in [4.78, 5) is 0. The van der Waals surface area contributed by atoms with Crippen molar-refractivity contribution >= 4 is 7.60 Å². The van der Waals surface area contributed by atoms with E-state index in [1.54, 1.807) is 6.92 Å². The summed E-state index contributed by atoms with van der Waals surface area (Å²) in [5, 5.41) is 29.7. The van der Waals surface area contributed by atoms with Gasteiger partial charge in [-0.2, -0.15) is 0 Å². The number of aliphatic hydroxyl groups is 3. The summed E-state index contributed by atoms with van der Waals surface area (Å²) in [6.07, 6.45) is -6.36. The van der Waals surface area contributed by atoms with E-state index in [1.165, 1.54) is 0 Å². The second-order valence-corrected chi connectivity index (χ2v) is 8.12. The third-order valence-electron chi connectivity index (χ3n) is 3.60. The first-order chi connectivity index (χ1) is 10.7. The van der Waals surface area contributed by atoms with Gasteiger partial charge in [0.2, 0.25) is 0 Å². The van der Waals surface area contributed by atoms with Crippen molar-refractivity contribution in [3.63, 3.8) is 0 Å². The van der Waals surface area contributed by atoms with Crippen molar-refractivity contribution in [3.8, 4) is 0 Å². The molecule has 0 amide bonds. The average molecular weight is 356 g/mol. The van der Waals surface area contributed by atoms with Gasteiger partial charge in [0.1, 0.15) is 24.4 Å². The lowest BCUT2D eigenvalue weighted by Crippen LogP contribution is -2.59. The Hall–Kier alpha value is -0.0900. The molecule has 2 saturated heterocycles. The molecule has 7 atom stereocenters. The van der Waals surface area contributed by atoms with Crippen LogP contribution in [0, 0.1) is 0 Å².